The number of benzene rings is 1. The van der Waals surface area contributed by atoms with E-state index in [0.717, 1.165) is 62.5 Å². The number of piperazine rings is 1. The Labute approximate surface area is 209 Å². The van der Waals surface area contributed by atoms with Gasteiger partial charge in [-0.05, 0) is 23.8 Å². The van der Waals surface area contributed by atoms with Gasteiger partial charge in [-0.15, -0.1) is 11.3 Å². The number of rotatable bonds is 9. The average Bonchev–Trinajstić information content (AvgIpc) is 3.24. The average molecular weight is 495 g/mol. The molecule has 0 radical (unpaired) electrons. The fraction of sp³-hybridized carbons (Fsp3) is 0.346. The zero-order valence-corrected chi connectivity index (χ0v) is 20.8. The van der Waals surface area contributed by atoms with E-state index in [2.05, 4.69) is 15.1 Å². The normalized spacial score (nSPS) is 15.0. The molecule has 0 saturated carbocycles. The summed E-state index contributed by atoms with van der Waals surface area (Å²) in [6.45, 7) is 6.39. The minimum atomic E-state index is -0.496. The Morgan fingerprint density at radius 1 is 1.06 bits per heavy atom. The van der Waals surface area contributed by atoms with Gasteiger partial charge in [0.25, 0.3) is 0 Å². The summed E-state index contributed by atoms with van der Waals surface area (Å²) in [5, 5.41) is 3.59. The third-order valence-corrected chi connectivity index (χ3v) is 7.00. The lowest BCUT2D eigenvalue weighted by Crippen LogP contribution is -2.46. The highest BCUT2D eigenvalue weighted by Gasteiger charge is 2.22. The van der Waals surface area contributed by atoms with Gasteiger partial charge in [-0.2, -0.15) is 0 Å². The van der Waals surface area contributed by atoms with Crippen LogP contribution in [0.5, 0.6) is 0 Å². The first-order valence-electron chi connectivity index (χ1n) is 11.6. The predicted octanol–water partition coefficient (Wildman–Crippen LogP) is 3.50. The van der Waals surface area contributed by atoms with Crippen molar-refractivity contribution in [2.24, 2.45) is 0 Å². The molecule has 0 unspecified atom stereocenters. The fourth-order valence-electron chi connectivity index (χ4n) is 3.99. The fourth-order valence-corrected chi connectivity index (χ4v) is 5.05. The van der Waals surface area contributed by atoms with Crippen LogP contribution < -0.4 is 5.32 Å². The number of ether oxygens (including phenoxy) is 2. The van der Waals surface area contributed by atoms with Crippen LogP contribution in [0.4, 0.5) is 5.69 Å². The number of carbonyl (C=O) groups is 2. The van der Waals surface area contributed by atoms with Gasteiger partial charge in [0.05, 0.1) is 25.1 Å². The van der Waals surface area contributed by atoms with Crippen LogP contribution in [0.3, 0.4) is 0 Å². The summed E-state index contributed by atoms with van der Waals surface area (Å²) in [5.41, 5.74) is 2.28. The second-order valence-electron chi connectivity index (χ2n) is 8.30. The molecule has 0 atom stereocenters. The molecular weight excluding hydrogens is 464 g/mol. The van der Waals surface area contributed by atoms with Crippen molar-refractivity contribution in [1.82, 2.24) is 14.8 Å². The maximum Gasteiger partial charge on any atom is 0.350 e. The number of esters is 1. The number of amides is 1. The van der Waals surface area contributed by atoms with Gasteiger partial charge >= 0.3 is 5.97 Å². The minimum absolute atomic E-state index is 0.325. The van der Waals surface area contributed by atoms with E-state index in [1.165, 1.54) is 24.5 Å². The van der Waals surface area contributed by atoms with Crippen LogP contribution in [0.25, 0.3) is 16.3 Å². The lowest BCUT2D eigenvalue weighted by Gasteiger charge is -2.34. The SMILES string of the molecule is COCCN1CCN(Cc2ccc3c(NC(=O)C=Cc4ccccc4)c(C(=O)OC)sc3n2)CC1. The lowest BCUT2D eigenvalue weighted by molar-refractivity contribution is -0.111. The van der Waals surface area contributed by atoms with Crippen molar-refractivity contribution in [3.05, 3.63) is 64.7 Å². The Bertz CT molecular complexity index is 1190. The van der Waals surface area contributed by atoms with Gasteiger partial charge in [-0.1, -0.05) is 30.3 Å². The van der Waals surface area contributed by atoms with E-state index in [1.54, 1.807) is 13.2 Å². The van der Waals surface area contributed by atoms with Crippen molar-refractivity contribution in [1.29, 1.82) is 0 Å². The number of hydrogen-bond donors (Lipinski definition) is 1. The number of fused-ring (bicyclic) bond motifs is 1. The van der Waals surface area contributed by atoms with Gasteiger partial charge in [-0.3, -0.25) is 14.6 Å². The topological polar surface area (TPSA) is 84.0 Å². The van der Waals surface area contributed by atoms with Gasteiger partial charge < -0.3 is 14.8 Å². The van der Waals surface area contributed by atoms with Crippen molar-refractivity contribution in [2.45, 2.75) is 6.54 Å². The Morgan fingerprint density at radius 3 is 2.51 bits per heavy atom. The van der Waals surface area contributed by atoms with Gasteiger partial charge in [0.2, 0.25) is 5.91 Å². The van der Waals surface area contributed by atoms with Gasteiger partial charge in [-0.25, -0.2) is 9.78 Å². The molecule has 1 fully saturated rings. The highest BCUT2D eigenvalue weighted by Crippen LogP contribution is 2.35. The van der Waals surface area contributed by atoms with Crippen molar-refractivity contribution in [3.63, 3.8) is 0 Å². The second kappa shape index (κ2) is 12.0. The first-order chi connectivity index (χ1) is 17.1. The lowest BCUT2D eigenvalue weighted by atomic mass is 10.2. The van der Waals surface area contributed by atoms with Crippen molar-refractivity contribution in [2.75, 3.05) is 58.9 Å². The molecule has 1 aliphatic heterocycles. The summed E-state index contributed by atoms with van der Waals surface area (Å²) < 4.78 is 10.1. The molecule has 9 heteroatoms. The number of carbonyl (C=O) groups excluding carboxylic acids is 2. The molecule has 1 aromatic carbocycles. The summed E-state index contributed by atoms with van der Waals surface area (Å²) >= 11 is 1.23. The Hall–Kier alpha value is -3.11. The van der Waals surface area contributed by atoms with E-state index in [1.807, 2.05) is 42.5 Å². The van der Waals surface area contributed by atoms with Crippen molar-refractivity contribution >= 4 is 45.2 Å². The molecule has 1 N–H and O–H groups in total. The van der Waals surface area contributed by atoms with Gasteiger partial charge in [0.1, 0.15) is 9.71 Å². The van der Waals surface area contributed by atoms with Crippen LogP contribution in [-0.4, -0.2) is 80.2 Å². The van der Waals surface area contributed by atoms with Crippen molar-refractivity contribution in [3.8, 4) is 0 Å². The second-order valence-corrected chi connectivity index (χ2v) is 9.30. The maximum absolute atomic E-state index is 12.6. The largest absolute Gasteiger partial charge is 0.465 e. The number of thiophene rings is 1. The Morgan fingerprint density at radius 2 is 1.80 bits per heavy atom. The molecule has 0 spiro atoms. The number of nitrogens with zero attached hydrogens (tertiary/aromatic N) is 3. The van der Waals surface area contributed by atoms with Crippen LogP contribution in [-0.2, 0) is 20.8 Å². The van der Waals surface area contributed by atoms with E-state index >= 15 is 0 Å². The van der Waals surface area contributed by atoms with Crippen LogP contribution in [0.1, 0.15) is 20.9 Å². The van der Waals surface area contributed by atoms with Crippen molar-refractivity contribution < 1.29 is 19.1 Å². The van der Waals surface area contributed by atoms with E-state index in [4.69, 9.17) is 14.5 Å². The quantitative estimate of drug-likeness (QED) is 0.360. The molecule has 2 aromatic heterocycles. The highest BCUT2D eigenvalue weighted by molar-refractivity contribution is 7.21. The van der Waals surface area contributed by atoms with Crippen LogP contribution in [0.15, 0.2) is 48.5 Å². The third kappa shape index (κ3) is 6.52. The smallest absolute Gasteiger partial charge is 0.350 e. The monoisotopic (exact) mass is 494 g/mol. The first kappa shape index (κ1) is 25.0. The summed E-state index contributed by atoms with van der Waals surface area (Å²) in [7, 11) is 3.06. The summed E-state index contributed by atoms with van der Waals surface area (Å²) in [4.78, 5) is 35.7. The molecule has 35 heavy (non-hydrogen) atoms. The van der Waals surface area contributed by atoms with Crippen LogP contribution in [0.2, 0.25) is 0 Å². The van der Waals surface area contributed by atoms with E-state index in [-0.39, 0.29) is 5.91 Å². The molecule has 0 aliphatic carbocycles. The number of aromatic nitrogens is 1. The zero-order chi connectivity index (χ0) is 24.6. The maximum atomic E-state index is 12.6. The molecule has 4 rings (SSSR count). The minimum Gasteiger partial charge on any atom is -0.465 e. The predicted molar refractivity (Wildman–Crippen MR) is 139 cm³/mol. The third-order valence-electron chi connectivity index (χ3n) is 5.92. The zero-order valence-electron chi connectivity index (χ0n) is 20.0. The molecule has 1 amide bonds. The number of hydrogen-bond acceptors (Lipinski definition) is 8. The Kier molecular flexibility index (Phi) is 8.59. The number of anilines is 1. The molecule has 1 aliphatic rings. The molecule has 3 aromatic rings. The highest BCUT2D eigenvalue weighted by atomic mass is 32.1. The summed E-state index contributed by atoms with van der Waals surface area (Å²) in [6.07, 6.45) is 3.18. The number of methoxy groups -OCH3 is 2. The summed E-state index contributed by atoms with van der Waals surface area (Å²) in [6, 6.07) is 13.4. The van der Waals surface area contributed by atoms with Crippen LogP contribution in [0, 0.1) is 0 Å². The van der Waals surface area contributed by atoms with E-state index < -0.39 is 5.97 Å². The summed E-state index contributed by atoms with van der Waals surface area (Å²) in [5.74, 6) is -0.821. The van der Waals surface area contributed by atoms with E-state index in [0.29, 0.717) is 15.4 Å². The van der Waals surface area contributed by atoms with Crippen LogP contribution >= 0.6 is 11.3 Å². The molecule has 184 valence electrons. The Balaban J connectivity index is 1.48. The molecule has 0 bridgehead atoms. The standard InChI is InChI=1S/C26H30N4O4S/c1-33-17-16-29-12-14-30(15-13-29)18-20-9-10-21-23(24(26(32)34-2)35-25(21)27-20)28-22(31)11-8-19-6-4-3-5-7-19/h3-11H,12-18H2,1-2H3,(H,28,31). The molecular formula is C26H30N4O4S. The number of nitrogens with one attached hydrogen (secondary N) is 1. The number of pyridine rings is 1. The molecule has 8 nitrogen and oxygen atoms in total. The molecule has 3 heterocycles. The first-order valence-corrected chi connectivity index (χ1v) is 12.4. The van der Waals surface area contributed by atoms with Gasteiger partial charge in [0, 0.05) is 57.8 Å². The molecule has 1 saturated heterocycles. The van der Waals surface area contributed by atoms with Gasteiger partial charge in [0.15, 0.2) is 0 Å². The van der Waals surface area contributed by atoms with E-state index in [9.17, 15) is 9.59 Å².